The number of thiazole rings is 1. The van der Waals surface area contributed by atoms with Crippen LogP contribution in [0.15, 0.2) is 24.4 Å². The Morgan fingerprint density at radius 3 is 2.81 bits per heavy atom. The van der Waals surface area contributed by atoms with Crippen molar-refractivity contribution in [3.8, 4) is 0 Å². The summed E-state index contributed by atoms with van der Waals surface area (Å²) in [5, 5.41) is 4.93. The first kappa shape index (κ1) is 14.7. The highest BCUT2D eigenvalue weighted by Crippen LogP contribution is 2.34. The molecular weight excluding hydrogens is 278 g/mol. The lowest BCUT2D eigenvalue weighted by atomic mass is 10.1. The average Bonchev–Trinajstić information content (AvgIpc) is 3.26. The van der Waals surface area contributed by atoms with Crippen LogP contribution in [0.3, 0.4) is 0 Å². The van der Waals surface area contributed by atoms with E-state index in [1.807, 2.05) is 23.6 Å². The first-order chi connectivity index (χ1) is 10.2. The molecule has 112 valence electrons. The van der Waals surface area contributed by atoms with Gasteiger partial charge < -0.3 is 5.32 Å². The molecule has 0 amide bonds. The SMILES string of the molecule is Cc1nc(C)c(CCN[C@@H](Cc2ccccn2)C2CC2)s1. The van der Waals surface area contributed by atoms with Gasteiger partial charge in [0.1, 0.15) is 0 Å². The monoisotopic (exact) mass is 301 g/mol. The molecule has 1 N–H and O–H groups in total. The zero-order valence-corrected chi connectivity index (χ0v) is 13.6. The van der Waals surface area contributed by atoms with E-state index in [2.05, 4.69) is 41.3 Å². The van der Waals surface area contributed by atoms with Crippen molar-refractivity contribution in [3.63, 3.8) is 0 Å². The lowest BCUT2D eigenvalue weighted by Gasteiger charge is -2.17. The minimum Gasteiger partial charge on any atom is -0.313 e. The van der Waals surface area contributed by atoms with E-state index >= 15 is 0 Å². The Kier molecular flexibility index (Phi) is 4.66. The van der Waals surface area contributed by atoms with Gasteiger partial charge in [0.05, 0.1) is 10.7 Å². The molecular formula is C17H23N3S. The van der Waals surface area contributed by atoms with E-state index < -0.39 is 0 Å². The summed E-state index contributed by atoms with van der Waals surface area (Å²) >= 11 is 1.83. The normalized spacial score (nSPS) is 16.1. The van der Waals surface area contributed by atoms with Gasteiger partial charge in [-0.15, -0.1) is 11.3 Å². The maximum Gasteiger partial charge on any atom is 0.0900 e. The summed E-state index contributed by atoms with van der Waals surface area (Å²) in [4.78, 5) is 10.4. The second kappa shape index (κ2) is 6.67. The largest absolute Gasteiger partial charge is 0.313 e. The standard InChI is InChI=1S/C17H23N3S/c1-12-17(21-13(2)20-12)8-10-19-16(14-6-7-14)11-15-5-3-4-9-18-15/h3-5,9,14,16,19H,6-8,10-11H2,1-2H3/t16-/m0/s1. The highest BCUT2D eigenvalue weighted by molar-refractivity contribution is 7.11. The molecule has 0 aromatic carbocycles. The minimum atomic E-state index is 0.578. The number of nitrogens with zero attached hydrogens (tertiary/aromatic N) is 2. The fraction of sp³-hybridized carbons (Fsp3) is 0.529. The van der Waals surface area contributed by atoms with E-state index in [1.54, 1.807) is 0 Å². The summed E-state index contributed by atoms with van der Waals surface area (Å²) in [6, 6.07) is 6.77. The minimum absolute atomic E-state index is 0.578. The Morgan fingerprint density at radius 2 is 2.19 bits per heavy atom. The van der Waals surface area contributed by atoms with Crippen LogP contribution >= 0.6 is 11.3 Å². The Balaban J connectivity index is 1.53. The third kappa shape index (κ3) is 4.11. The third-order valence-corrected chi connectivity index (χ3v) is 5.24. The van der Waals surface area contributed by atoms with E-state index in [9.17, 15) is 0 Å². The van der Waals surface area contributed by atoms with Gasteiger partial charge in [0.15, 0.2) is 0 Å². The maximum absolute atomic E-state index is 4.50. The van der Waals surface area contributed by atoms with Crippen LogP contribution in [0.25, 0.3) is 0 Å². The maximum atomic E-state index is 4.50. The van der Waals surface area contributed by atoms with Crippen molar-refractivity contribution in [2.75, 3.05) is 6.54 Å². The molecule has 3 nitrogen and oxygen atoms in total. The highest BCUT2D eigenvalue weighted by Gasteiger charge is 2.31. The van der Waals surface area contributed by atoms with Crippen molar-refractivity contribution in [2.24, 2.45) is 5.92 Å². The van der Waals surface area contributed by atoms with E-state index in [0.717, 1.165) is 25.3 Å². The van der Waals surface area contributed by atoms with E-state index in [4.69, 9.17) is 0 Å². The predicted octanol–water partition coefficient (Wildman–Crippen LogP) is 3.31. The van der Waals surface area contributed by atoms with Gasteiger partial charge in [-0.05, 0) is 51.2 Å². The van der Waals surface area contributed by atoms with Crippen LogP contribution in [0.2, 0.25) is 0 Å². The fourth-order valence-corrected chi connectivity index (χ4v) is 3.76. The zero-order valence-electron chi connectivity index (χ0n) is 12.8. The molecule has 1 atom stereocenters. The van der Waals surface area contributed by atoms with E-state index in [0.29, 0.717) is 6.04 Å². The van der Waals surface area contributed by atoms with Crippen molar-refractivity contribution in [2.45, 2.75) is 45.6 Å². The van der Waals surface area contributed by atoms with Gasteiger partial charge in [-0.1, -0.05) is 6.07 Å². The number of nitrogens with one attached hydrogen (secondary N) is 1. The zero-order chi connectivity index (χ0) is 14.7. The Bertz CT molecular complexity index is 575. The van der Waals surface area contributed by atoms with Crippen molar-refractivity contribution in [3.05, 3.63) is 45.7 Å². The van der Waals surface area contributed by atoms with Crippen LogP contribution in [0.1, 0.15) is 34.1 Å². The Hall–Kier alpha value is -1.26. The summed E-state index contributed by atoms with van der Waals surface area (Å²) in [6.07, 6.45) is 6.75. The molecule has 1 saturated carbocycles. The molecule has 4 heteroatoms. The second-order valence-electron chi connectivity index (χ2n) is 5.91. The van der Waals surface area contributed by atoms with Gasteiger partial charge in [-0.2, -0.15) is 0 Å². The molecule has 0 aliphatic heterocycles. The second-order valence-corrected chi connectivity index (χ2v) is 7.20. The molecule has 0 saturated heterocycles. The fourth-order valence-electron chi connectivity index (χ4n) is 2.82. The van der Waals surface area contributed by atoms with Gasteiger partial charge >= 0.3 is 0 Å². The third-order valence-electron chi connectivity index (χ3n) is 4.10. The quantitative estimate of drug-likeness (QED) is 0.852. The van der Waals surface area contributed by atoms with Gasteiger partial charge in [-0.25, -0.2) is 4.98 Å². The molecule has 2 heterocycles. The molecule has 0 radical (unpaired) electrons. The van der Waals surface area contributed by atoms with Crippen molar-refractivity contribution in [1.82, 2.24) is 15.3 Å². The first-order valence-electron chi connectivity index (χ1n) is 7.78. The van der Waals surface area contributed by atoms with Crippen LogP contribution in [-0.4, -0.2) is 22.6 Å². The molecule has 1 aliphatic carbocycles. The summed E-state index contributed by atoms with van der Waals surface area (Å²) < 4.78 is 0. The van der Waals surface area contributed by atoms with Gasteiger partial charge in [0, 0.05) is 35.8 Å². The van der Waals surface area contributed by atoms with Gasteiger partial charge in [0.2, 0.25) is 0 Å². The smallest absolute Gasteiger partial charge is 0.0900 e. The molecule has 21 heavy (non-hydrogen) atoms. The average molecular weight is 301 g/mol. The van der Waals surface area contributed by atoms with E-state index in [-0.39, 0.29) is 0 Å². The molecule has 2 aromatic rings. The van der Waals surface area contributed by atoms with Gasteiger partial charge in [0.25, 0.3) is 0 Å². The Morgan fingerprint density at radius 1 is 1.33 bits per heavy atom. The van der Waals surface area contributed by atoms with Crippen LogP contribution in [0, 0.1) is 19.8 Å². The number of aryl methyl sites for hydroxylation is 2. The van der Waals surface area contributed by atoms with E-state index in [1.165, 1.54) is 34.1 Å². The number of pyridine rings is 1. The van der Waals surface area contributed by atoms with Crippen molar-refractivity contribution < 1.29 is 0 Å². The van der Waals surface area contributed by atoms with Crippen molar-refractivity contribution >= 4 is 11.3 Å². The Labute approximate surface area is 130 Å². The lowest BCUT2D eigenvalue weighted by Crippen LogP contribution is -2.34. The molecule has 1 aliphatic rings. The molecule has 2 aromatic heterocycles. The summed E-state index contributed by atoms with van der Waals surface area (Å²) in [6.45, 7) is 5.24. The molecule has 0 bridgehead atoms. The summed E-state index contributed by atoms with van der Waals surface area (Å²) in [7, 11) is 0. The summed E-state index contributed by atoms with van der Waals surface area (Å²) in [5.74, 6) is 0.844. The van der Waals surface area contributed by atoms with Crippen LogP contribution in [-0.2, 0) is 12.8 Å². The molecule has 1 fully saturated rings. The number of aromatic nitrogens is 2. The van der Waals surface area contributed by atoms with Crippen LogP contribution in [0.4, 0.5) is 0 Å². The number of rotatable bonds is 7. The van der Waals surface area contributed by atoms with Crippen LogP contribution in [0.5, 0.6) is 0 Å². The topological polar surface area (TPSA) is 37.8 Å². The molecule has 0 unspecified atom stereocenters. The van der Waals surface area contributed by atoms with Crippen molar-refractivity contribution in [1.29, 1.82) is 0 Å². The van der Waals surface area contributed by atoms with Gasteiger partial charge in [-0.3, -0.25) is 4.98 Å². The molecule has 0 spiro atoms. The summed E-state index contributed by atoms with van der Waals surface area (Å²) in [5.41, 5.74) is 2.40. The number of hydrogen-bond donors (Lipinski definition) is 1. The molecule has 3 rings (SSSR count). The van der Waals surface area contributed by atoms with Crippen LogP contribution < -0.4 is 5.32 Å². The predicted molar refractivity (Wildman–Crippen MR) is 87.7 cm³/mol. The lowest BCUT2D eigenvalue weighted by molar-refractivity contribution is 0.459. The highest BCUT2D eigenvalue weighted by atomic mass is 32.1. The number of hydrogen-bond acceptors (Lipinski definition) is 4. The first-order valence-corrected chi connectivity index (χ1v) is 8.60.